The molecule has 1 N–H and O–H groups in total. The Hall–Kier alpha value is -1.72. The zero-order valence-corrected chi connectivity index (χ0v) is 14.3. The molecule has 0 aliphatic heterocycles. The van der Waals surface area contributed by atoms with Gasteiger partial charge in [-0.25, -0.2) is 0 Å². The maximum absolute atomic E-state index is 12.3. The van der Waals surface area contributed by atoms with Crippen LogP contribution in [0.2, 0.25) is 10.0 Å². The van der Waals surface area contributed by atoms with Crippen LogP contribution in [0.3, 0.4) is 0 Å². The summed E-state index contributed by atoms with van der Waals surface area (Å²) in [6.45, 7) is 5.38. The van der Waals surface area contributed by atoms with Crippen molar-refractivity contribution in [3.63, 3.8) is 0 Å². The van der Waals surface area contributed by atoms with Gasteiger partial charge in [0.05, 0.1) is 22.1 Å². The van der Waals surface area contributed by atoms with Crippen molar-refractivity contribution in [2.45, 2.75) is 26.9 Å². The Labute approximate surface area is 139 Å². The molecule has 2 aromatic rings. The van der Waals surface area contributed by atoms with Crippen LogP contribution in [-0.4, -0.2) is 21.8 Å². The summed E-state index contributed by atoms with van der Waals surface area (Å²) in [4.78, 5) is 12.3. The van der Waals surface area contributed by atoms with E-state index in [0.717, 1.165) is 11.4 Å². The molecule has 0 spiro atoms. The number of rotatable bonds is 4. The van der Waals surface area contributed by atoms with Crippen LogP contribution in [0.15, 0.2) is 18.2 Å². The van der Waals surface area contributed by atoms with Gasteiger partial charge in [-0.3, -0.25) is 9.48 Å². The Kier molecular flexibility index (Phi) is 4.98. The molecule has 7 heteroatoms. The largest absolute Gasteiger partial charge is 0.479 e. The fourth-order valence-electron chi connectivity index (χ4n) is 1.99. The summed E-state index contributed by atoms with van der Waals surface area (Å²) in [5.41, 5.74) is 2.33. The van der Waals surface area contributed by atoms with Crippen LogP contribution in [-0.2, 0) is 11.8 Å². The Morgan fingerprint density at radius 1 is 1.36 bits per heavy atom. The molecule has 1 aromatic heterocycles. The second-order valence-electron chi connectivity index (χ2n) is 4.99. The zero-order chi connectivity index (χ0) is 16.4. The highest BCUT2D eigenvalue weighted by atomic mass is 35.5. The number of aromatic nitrogens is 2. The van der Waals surface area contributed by atoms with Gasteiger partial charge in [-0.2, -0.15) is 5.10 Å². The lowest BCUT2D eigenvalue weighted by Gasteiger charge is -2.16. The Morgan fingerprint density at radius 2 is 2.05 bits per heavy atom. The number of hydrogen-bond donors (Lipinski definition) is 1. The van der Waals surface area contributed by atoms with Gasteiger partial charge in [-0.15, -0.1) is 0 Å². The van der Waals surface area contributed by atoms with Crippen molar-refractivity contribution >= 4 is 34.8 Å². The van der Waals surface area contributed by atoms with Gasteiger partial charge in [0.25, 0.3) is 5.91 Å². The number of nitrogens with one attached hydrogen (secondary N) is 1. The van der Waals surface area contributed by atoms with Gasteiger partial charge in [-0.05, 0) is 39.0 Å². The predicted octanol–water partition coefficient (Wildman–Crippen LogP) is 3.75. The molecule has 0 saturated heterocycles. The van der Waals surface area contributed by atoms with Crippen molar-refractivity contribution in [3.05, 3.63) is 39.6 Å². The van der Waals surface area contributed by atoms with Crippen molar-refractivity contribution in [1.82, 2.24) is 9.78 Å². The summed E-state index contributed by atoms with van der Waals surface area (Å²) < 4.78 is 7.31. The van der Waals surface area contributed by atoms with Gasteiger partial charge >= 0.3 is 0 Å². The first kappa shape index (κ1) is 16.6. The second kappa shape index (κ2) is 6.58. The predicted molar refractivity (Wildman–Crippen MR) is 87.9 cm³/mol. The van der Waals surface area contributed by atoms with E-state index in [1.54, 1.807) is 29.8 Å². The molecule has 1 amide bonds. The number of halogens is 2. The monoisotopic (exact) mass is 341 g/mol. The smallest absolute Gasteiger partial charge is 0.265 e. The Morgan fingerprint density at radius 3 is 2.59 bits per heavy atom. The minimum Gasteiger partial charge on any atom is -0.479 e. The van der Waals surface area contributed by atoms with E-state index in [0.29, 0.717) is 21.5 Å². The highest BCUT2D eigenvalue weighted by Crippen LogP contribution is 2.28. The molecule has 22 heavy (non-hydrogen) atoms. The van der Waals surface area contributed by atoms with Crippen LogP contribution in [0.5, 0.6) is 5.75 Å². The standard InChI is InChI=1S/C15H17Cl2N3O2/c1-8-14(9(2)20(4)19-8)18-15(21)10(3)22-13-6-5-11(16)7-12(13)17/h5-7,10H,1-4H3,(H,18,21)/t10-/m1/s1. The number of hydrogen-bond acceptors (Lipinski definition) is 3. The summed E-state index contributed by atoms with van der Waals surface area (Å²) >= 11 is 11.9. The van der Waals surface area contributed by atoms with E-state index in [4.69, 9.17) is 27.9 Å². The number of nitrogens with zero attached hydrogens (tertiary/aromatic N) is 2. The molecule has 1 aromatic carbocycles. The highest BCUT2D eigenvalue weighted by Gasteiger charge is 2.19. The van der Waals surface area contributed by atoms with E-state index in [9.17, 15) is 4.79 Å². The third kappa shape index (κ3) is 3.54. The third-order valence-corrected chi connectivity index (χ3v) is 3.85. The number of carbonyl (C=O) groups is 1. The maximum atomic E-state index is 12.3. The minimum atomic E-state index is -0.710. The molecule has 118 valence electrons. The summed E-state index contributed by atoms with van der Waals surface area (Å²) in [6.07, 6.45) is -0.710. The summed E-state index contributed by atoms with van der Waals surface area (Å²) in [5.74, 6) is 0.138. The van der Waals surface area contributed by atoms with Crippen molar-refractivity contribution in [3.8, 4) is 5.75 Å². The maximum Gasteiger partial charge on any atom is 0.265 e. The molecule has 0 radical (unpaired) electrons. The quantitative estimate of drug-likeness (QED) is 0.921. The molecule has 0 aliphatic carbocycles. The SMILES string of the molecule is Cc1nn(C)c(C)c1NC(=O)[C@@H](C)Oc1ccc(Cl)cc1Cl. The summed E-state index contributed by atoms with van der Waals surface area (Å²) in [6, 6.07) is 4.86. The van der Waals surface area contributed by atoms with Crippen molar-refractivity contribution in [1.29, 1.82) is 0 Å². The normalized spacial score (nSPS) is 12.1. The molecule has 0 saturated carbocycles. The van der Waals surface area contributed by atoms with Gasteiger partial charge < -0.3 is 10.1 Å². The van der Waals surface area contributed by atoms with Crippen LogP contribution >= 0.6 is 23.2 Å². The third-order valence-electron chi connectivity index (χ3n) is 3.32. The average Bonchev–Trinajstić information content (AvgIpc) is 2.68. The van der Waals surface area contributed by atoms with E-state index in [1.165, 1.54) is 0 Å². The molecule has 1 atom stereocenters. The topological polar surface area (TPSA) is 56.2 Å². The number of amides is 1. The van der Waals surface area contributed by atoms with E-state index < -0.39 is 6.10 Å². The minimum absolute atomic E-state index is 0.273. The van der Waals surface area contributed by atoms with Gasteiger partial charge in [0.15, 0.2) is 6.10 Å². The molecule has 0 aliphatic rings. The molecule has 0 bridgehead atoms. The summed E-state index contributed by atoms with van der Waals surface area (Å²) in [5, 5.41) is 7.96. The lowest BCUT2D eigenvalue weighted by molar-refractivity contribution is -0.122. The van der Waals surface area contributed by atoms with Gasteiger partial charge in [0.2, 0.25) is 0 Å². The fraction of sp³-hybridized carbons (Fsp3) is 0.333. The Balaban J connectivity index is 2.09. The number of benzene rings is 1. The first-order valence-corrected chi connectivity index (χ1v) is 7.48. The molecule has 5 nitrogen and oxygen atoms in total. The van der Waals surface area contributed by atoms with Gasteiger partial charge in [0, 0.05) is 12.1 Å². The first-order chi connectivity index (χ1) is 10.3. The van der Waals surface area contributed by atoms with E-state index in [-0.39, 0.29) is 5.91 Å². The lowest BCUT2D eigenvalue weighted by Crippen LogP contribution is -2.30. The number of anilines is 1. The van der Waals surface area contributed by atoms with Crippen LogP contribution in [0.4, 0.5) is 5.69 Å². The molecule has 0 fully saturated rings. The number of carbonyl (C=O) groups excluding carboxylic acids is 1. The van der Waals surface area contributed by atoms with Crippen LogP contribution < -0.4 is 10.1 Å². The molecular weight excluding hydrogens is 325 g/mol. The average molecular weight is 342 g/mol. The molecule has 0 unspecified atom stereocenters. The van der Waals surface area contributed by atoms with Crippen LogP contribution in [0.1, 0.15) is 18.3 Å². The summed E-state index contributed by atoms with van der Waals surface area (Å²) in [7, 11) is 1.82. The van der Waals surface area contributed by atoms with Gasteiger partial charge in [0.1, 0.15) is 5.75 Å². The Bertz CT molecular complexity index is 713. The van der Waals surface area contributed by atoms with E-state index >= 15 is 0 Å². The lowest BCUT2D eigenvalue weighted by atomic mass is 10.3. The van der Waals surface area contributed by atoms with Crippen LogP contribution in [0.25, 0.3) is 0 Å². The first-order valence-electron chi connectivity index (χ1n) is 6.72. The van der Waals surface area contributed by atoms with Crippen molar-refractivity contribution in [2.24, 2.45) is 7.05 Å². The van der Waals surface area contributed by atoms with E-state index in [2.05, 4.69) is 10.4 Å². The number of ether oxygens (including phenoxy) is 1. The number of aryl methyl sites for hydroxylation is 2. The van der Waals surface area contributed by atoms with Gasteiger partial charge in [-0.1, -0.05) is 23.2 Å². The molecule has 1 heterocycles. The fourth-order valence-corrected chi connectivity index (χ4v) is 2.45. The van der Waals surface area contributed by atoms with E-state index in [1.807, 2.05) is 20.9 Å². The highest BCUT2D eigenvalue weighted by molar-refractivity contribution is 6.35. The molecular formula is C15H17Cl2N3O2. The van der Waals surface area contributed by atoms with Crippen molar-refractivity contribution < 1.29 is 9.53 Å². The van der Waals surface area contributed by atoms with Crippen molar-refractivity contribution in [2.75, 3.05) is 5.32 Å². The van der Waals surface area contributed by atoms with Crippen LogP contribution in [0, 0.1) is 13.8 Å². The zero-order valence-electron chi connectivity index (χ0n) is 12.8. The molecule has 2 rings (SSSR count). The second-order valence-corrected chi connectivity index (χ2v) is 5.84.